The Labute approximate surface area is 206 Å². The molecule has 5 aromatic rings. The van der Waals surface area contributed by atoms with Gasteiger partial charge in [0.05, 0.1) is 36.5 Å². The normalized spacial score (nSPS) is 15.2. The first-order valence-corrected chi connectivity index (χ1v) is 11.7. The predicted octanol–water partition coefficient (Wildman–Crippen LogP) is 3.42. The Morgan fingerprint density at radius 1 is 1.17 bits per heavy atom. The molecule has 0 saturated heterocycles. The van der Waals surface area contributed by atoms with Crippen molar-refractivity contribution in [3.63, 3.8) is 0 Å². The van der Waals surface area contributed by atoms with Gasteiger partial charge in [0, 0.05) is 25.1 Å². The van der Waals surface area contributed by atoms with Gasteiger partial charge in [0.2, 0.25) is 5.95 Å². The SMILES string of the molecule is [C-]#[N+]c1ccc2ncn(-c3ncc4c(n3)n(C3CCOc5ccccc53)c(=O)n4CCN(C)C)c2c1. The van der Waals surface area contributed by atoms with Crippen LogP contribution in [0.15, 0.2) is 59.8 Å². The number of benzene rings is 2. The number of hydrogen-bond acceptors (Lipinski definition) is 6. The zero-order chi connectivity index (χ0) is 24.8. The Balaban J connectivity index is 1.58. The Morgan fingerprint density at radius 3 is 2.86 bits per heavy atom. The van der Waals surface area contributed by atoms with Crippen molar-refractivity contribution < 1.29 is 4.74 Å². The quantitative estimate of drug-likeness (QED) is 0.358. The van der Waals surface area contributed by atoms with Crippen molar-refractivity contribution in [2.75, 3.05) is 27.2 Å². The zero-order valence-corrected chi connectivity index (χ0v) is 20.0. The van der Waals surface area contributed by atoms with E-state index >= 15 is 0 Å². The van der Waals surface area contributed by atoms with Crippen molar-refractivity contribution in [1.29, 1.82) is 0 Å². The van der Waals surface area contributed by atoms with E-state index in [1.165, 1.54) is 0 Å². The maximum absolute atomic E-state index is 13.9. The van der Waals surface area contributed by atoms with Crippen molar-refractivity contribution in [2.45, 2.75) is 19.0 Å². The molecule has 0 spiro atoms. The summed E-state index contributed by atoms with van der Waals surface area (Å²) in [6.07, 6.45) is 4.02. The Morgan fingerprint density at radius 2 is 2.03 bits per heavy atom. The van der Waals surface area contributed by atoms with Crippen LogP contribution in [0.1, 0.15) is 18.0 Å². The standard InChI is InChI=1S/C26H24N8O2/c1-27-17-8-9-19-21(14-17)33(16-29-19)25-28-15-22-24(30-25)34(26(35)32(22)12-11-31(2)3)20-10-13-36-23-7-5-4-6-18(20)23/h4-9,14-16,20H,10-13H2,2-3H3. The monoisotopic (exact) mass is 480 g/mol. The summed E-state index contributed by atoms with van der Waals surface area (Å²) in [5.41, 5.74) is 4.08. The van der Waals surface area contributed by atoms with Gasteiger partial charge in [-0.3, -0.25) is 13.7 Å². The minimum atomic E-state index is -0.207. The zero-order valence-electron chi connectivity index (χ0n) is 20.0. The summed E-state index contributed by atoms with van der Waals surface area (Å²) >= 11 is 0. The second kappa shape index (κ2) is 8.62. The summed E-state index contributed by atoms with van der Waals surface area (Å²) in [6.45, 7) is 9.10. The first kappa shape index (κ1) is 22.0. The van der Waals surface area contributed by atoms with Gasteiger partial charge in [-0.05, 0) is 32.3 Å². The molecule has 180 valence electrons. The van der Waals surface area contributed by atoms with Crippen LogP contribution < -0.4 is 10.4 Å². The highest BCUT2D eigenvalue weighted by atomic mass is 16.5. The Kier molecular flexibility index (Phi) is 5.27. The first-order chi connectivity index (χ1) is 17.5. The molecular weight excluding hydrogens is 456 g/mol. The van der Waals surface area contributed by atoms with Gasteiger partial charge >= 0.3 is 5.69 Å². The van der Waals surface area contributed by atoms with E-state index in [1.807, 2.05) is 49.3 Å². The van der Waals surface area contributed by atoms with Gasteiger partial charge in [0.25, 0.3) is 0 Å². The van der Waals surface area contributed by atoms with E-state index < -0.39 is 0 Å². The van der Waals surface area contributed by atoms with Crippen LogP contribution in [0.25, 0.3) is 33.0 Å². The topological polar surface area (TPSA) is 87.4 Å². The number of imidazole rings is 2. The van der Waals surface area contributed by atoms with Crippen molar-refractivity contribution in [3.8, 4) is 11.7 Å². The fourth-order valence-corrected chi connectivity index (χ4v) is 4.78. The van der Waals surface area contributed by atoms with E-state index in [2.05, 4.69) is 14.8 Å². The number of nitrogens with zero attached hydrogens (tertiary/aromatic N) is 8. The second-order valence-electron chi connectivity index (χ2n) is 9.08. The molecule has 36 heavy (non-hydrogen) atoms. The number of fused-ring (bicyclic) bond motifs is 3. The first-order valence-electron chi connectivity index (χ1n) is 11.7. The van der Waals surface area contributed by atoms with Crippen LogP contribution >= 0.6 is 0 Å². The number of aromatic nitrogens is 6. The molecule has 0 fully saturated rings. The minimum Gasteiger partial charge on any atom is -0.493 e. The summed E-state index contributed by atoms with van der Waals surface area (Å²) in [6, 6.07) is 13.0. The summed E-state index contributed by atoms with van der Waals surface area (Å²) in [4.78, 5) is 33.4. The molecule has 0 saturated carbocycles. The maximum atomic E-state index is 13.9. The van der Waals surface area contributed by atoms with Crippen molar-refractivity contribution >= 4 is 27.9 Å². The number of likely N-dealkylation sites (N-methyl/N-ethyl adjacent to an activating group) is 1. The Bertz CT molecular complexity index is 1710. The van der Waals surface area contributed by atoms with Crippen LogP contribution in [0.5, 0.6) is 5.75 Å². The molecule has 10 heteroatoms. The molecule has 1 atom stereocenters. The van der Waals surface area contributed by atoms with E-state index in [1.54, 1.807) is 38.4 Å². The lowest BCUT2D eigenvalue weighted by Gasteiger charge is -2.26. The predicted molar refractivity (Wildman–Crippen MR) is 136 cm³/mol. The summed E-state index contributed by atoms with van der Waals surface area (Å²) in [5.74, 6) is 1.18. The van der Waals surface area contributed by atoms with Crippen molar-refractivity contribution in [1.82, 2.24) is 33.6 Å². The maximum Gasteiger partial charge on any atom is 0.330 e. The number of ether oxygens (including phenoxy) is 1. The highest BCUT2D eigenvalue weighted by Crippen LogP contribution is 2.35. The van der Waals surface area contributed by atoms with Crippen LogP contribution in [-0.4, -0.2) is 60.8 Å². The van der Waals surface area contributed by atoms with E-state index in [4.69, 9.17) is 16.3 Å². The molecule has 0 aliphatic carbocycles. The van der Waals surface area contributed by atoms with Gasteiger partial charge in [-0.15, -0.1) is 0 Å². The van der Waals surface area contributed by atoms with Crippen molar-refractivity contribution in [2.24, 2.45) is 0 Å². The van der Waals surface area contributed by atoms with E-state index in [0.717, 1.165) is 22.3 Å². The van der Waals surface area contributed by atoms with E-state index in [0.29, 0.717) is 48.9 Å². The average molecular weight is 481 g/mol. The molecule has 0 radical (unpaired) electrons. The molecule has 1 aliphatic heterocycles. The molecule has 4 heterocycles. The lowest BCUT2D eigenvalue weighted by Crippen LogP contribution is -2.32. The van der Waals surface area contributed by atoms with Gasteiger partial charge in [0.15, 0.2) is 11.3 Å². The average Bonchev–Trinajstić information content (AvgIpc) is 3.44. The molecule has 3 aromatic heterocycles. The molecule has 0 N–H and O–H groups in total. The molecule has 0 amide bonds. The largest absolute Gasteiger partial charge is 0.493 e. The van der Waals surface area contributed by atoms with Gasteiger partial charge in [-0.25, -0.2) is 19.6 Å². The molecule has 2 aromatic carbocycles. The van der Waals surface area contributed by atoms with Crippen LogP contribution in [0.3, 0.4) is 0 Å². The minimum absolute atomic E-state index is 0.120. The smallest absolute Gasteiger partial charge is 0.330 e. The van der Waals surface area contributed by atoms with Gasteiger partial charge < -0.3 is 9.64 Å². The summed E-state index contributed by atoms with van der Waals surface area (Å²) in [7, 11) is 3.96. The fraction of sp³-hybridized carbons (Fsp3) is 0.269. The Hall–Kier alpha value is -4.49. The van der Waals surface area contributed by atoms with Crippen LogP contribution in [0.2, 0.25) is 0 Å². The molecule has 1 unspecified atom stereocenters. The molecule has 0 bridgehead atoms. The van der Waals surface area contributed by atoms with E-state index in [-0.39, 0.29) is 11.7 Å². The molecule has 10 nitrogen and oxygen atoms in total. The lowest BCUT2D eigenvalue weighted by molar-refractivity contribution is 0.255. The van der Waals surface area contributed by atoms with Gasteiger partial charge in [-0.1, -0.05) is 24.3 Å². The molecule has 1 aliphatic rings. The number of para-hydroxylation sites is 1. The van der Waals surface area contributed by atoms with Crippen molar-refractivity contribution in [3.05, 3.63) is 82.5 Å². The van der Waals surface area contributed by atoms with Crippen LogP contribution in [0, 0.1) is 6.57 Å². The highest BCUT2D eigenvalue weighted by molar-refractivity contribution is 5.81. The fourth-order valence-electron chi connectivity index (χ4n) is 4.78. The summed E-state index contributed by atoms with van der Waals surface area (Å²) < 4.78 is 11.2. The molecule has 6 rings (SSSR count). The summed E-state index contributed by atoms with van der Waals surface area (Å²) in [5, 5.41) is 0. The second-order valence-corrected chi connectivity index (χ2v) is 9.08. The van der Waals surface area contributed by atoms with Gasteiger partial charge in [0.1, 0.15) is 17.6 Å². The highest BCUT2D eigenvalue weighted by Gasteiger charge is 2.28. The van der Waals surface area contributed by atoms with Gasteiger partial charge in [-0.2, -0.15) is 4.98 Å². The number of rotatable bonds is 5. The lowest BCUT2D eigenvalue weighted by atomic mass is 10.0. The van der Waals surface area contributed by atoms with Crippen LogP contribution in [-0.2, 0) is 6.54 Å². The third kappa shape index (κ3) is 3.52. The number of hydrogen-bond donors (Lipinski definition) is 0. The third-order valence-corrected chi connectivity index (χ3v) is 6.58. The third-order valence-electron chi connectivity index (χ3n) is 6.58. The molecular formula is C26H24N8O2. The van der Waals surface area contributed by atoms with E-state index in [9.17, 15) is 4.79 Å². The van der Waals surface area contributed by atoms with Crippen LogP contribution in [0.4, 0.5) is 5.69 Å².